The van der Waals surface area contributed by atoms with Crippen LogP contribution in [0.5, 0.6) is 0 Å². The molecule has 1 amide bonds. The van der Waals surface area contributed by atoms with Crippen molar-refractivity contribution in [3.8, 4) is 0 Å². The van der Waals surface area contributed by atoms with E-state index in [2.05, 4.69) is 39.3 Å². The van der Waals surface area contributed by atoms with E-state index in [0.29, 0.717) is 18.4 Å². The topological polar surface area (TPSA) is 60.0 Å². The summed E-state index contributed by atoms with van der Waals surface area (Å²) in [5.74, 6) is 1.93. The lowest BCUT2D eigenvalue weighted by Crippen LogP contribution is -2.53. The molecule has 0 radical (unpaired) electrons. The first kappa shape index (κ1) is 21.7. The number of guanidine groups is 1. The minimum absolute atomic E-state index is 0. The summed E-state index contributed by atoms with van der Waals surface area (Å²) in [6.07, 6.45) is 5.53. The van der Waals surface area contributed by atoms with Crippen molar-refractivity contribution in [2.75, 3.05) is 46.3 Å². The van der Waals surface area contributed by atoms with Crippen molar-refractivity contribution in [1.29, 1.82) is 0 Å². The Kier molecular flexibility index (Phi) is 8.00. The molecule has 6 nitrogen and oxygen atoms in total. The Labute approximate surface area is 175 Å². The molecule has 3 heterocycles. The summed E-state index contributed by atoms with van der Waals surface area (Å²) in [7, 11) is 1.88. The number of aliphatic imine (C=N–C) groups is 1. The molecule has 0 aromatic rings. The number of carbonyl (C=O) groups excluding carboxylic acids is 1. The van der Waals surface area contributed by atoms with Crippen molar-refractivity contribution >= 4 is 35.8 Å². The Hall–Kier alpha value is -0.570. The van der Waals surface area contributed by atoms with E-state index in [0.717, 1.165) is 45.0 Å². The molecule has 0 aliphatic carbocycles. The molecule has 3 aliphatic heterocycles. The lowest BCUT2D eigenvalue weighted by molar-refractivity contribution is -0.119. The first-order valence-corrected chi connectivity index (χ1v) is 9.98. The first-order chi connectivity index (χ1) is 12.0. The monoisotopic (exact) mass is 477 g/mol. The van der Waals surface area contributed by atoms with E-state index in [1.54, 1.807) is 0 Å². The minimum atomic E-state index is 0. The molecule has 7 heteroatoms. The van der Waals surface area contributed by atoms with Crippen LogP contribution in [0.25, 0.3) is 0 Å². The molecule has 1 spiro atoms. The number of piperidine rings is 1. The molecule has 3 aliphatic rings. The molecule has 0 bridgehead atoms. The van der Waals surface area contributed by atoms with E-state index in [1.807, 2.05) is 7.05 Å². The SMILES string of the molecule is CN=C(NC[C@H]1CCCN1CC(C)C)N1CCCC2(CNC(=O)C2)C1.I. The maximum atomic E-state index is 11.7. The van der Waals surface area contributed by atoms with Gasteiger partial charge in [0, 0.05) is 57.6 Å². The van der Waals surface area contributed by atoms with Crippen LogP contribution in [0.4, 0.5) is 0 Å². The lowest BCUT2D eigenvalue weighted by atomic mass is 9.79. The van der Waals surface area contributed by atoms with E-state index >= 15 is 0 Å². The van der Waals surface area contributed by atoms with Gasteiger partial charge < -0.3 is 15.5 Å². The van der Waals surface area contributed by atoms with Crippen LogP contribution in [0.2, 0.25) is 0 Å². The van der Waals surface area contributed by atoms with E-state index in [4.69, 9.17) is 0 Å². The van der Waals surface area contributed by atoms with E-state index in [1.165, 1.54) is 25.9 Å². The van der Waals surface area contributed by atoms with Crippen molar-refractivity contribution < 1.29 is 4.79 Å². The number of nitrogens with zero attached hydrogens (tertiary/aromatic N) is 3. The van der Waals surface area contributed by atoms with E-state index in [-0.39, 0.29) is 35.3 Å². The number of hydrogen-bond acceptors (Lipinski definition) is 3. The van der Waals surface area contributed by atoms with Crippen LogP contribution in [-0.2, 0) is 4.79 Å². The van der Waals surface area contributed by atoms with E-state index in [9.17, 15) is 4.79 Å². The molecule has 0 saturated carbocycles. The van der Waals surface area contributed by atoms with Crippen molar-refractivity contribution in [3.05, 3.63) is 0 Å². The van der Waals surface area contributed by atoms with Crippen molar-refractivity contribution in [2.45, 2.75) is 52.0 Å². The normalized spacial score (nSPS) is 30.0. The quantitative estimate of drug-likeness (QED) is 0.369. The highest BCUT2D eigenvalue weighted by Gasteiger charge is 2.42. The molecule has 3 saturated heterocycles. The molecule has 2 atom stereocenters. The summed E-state index contributed by atoms with van der Waals surface area (Å²) in [5, 5.41) is 6.66. The number of carbonyl (C=O) groups is 1. The lowest BCUT2D eigenvalue weighted by Gasteiger charge is -2.41. The van der Waals surface area contributed by atoms with Gasteiger partial charge in [-0.1, -0.05) is 13.8 Å². The molecule has 3 fully saturated rings. The zero-order valence-corrected chi connectivity index (χ0v) is 18.9. The summed E-state index contributed by atoms with van der Waals surface area (Å²) in [4.78, 5) is 21.2. The summed E-state index contributed by atoms with van der Waals surface area (Å²) in [6.45, 7) is 10.8. The van der Waals surface area contributed by atoms with Gasteiger partial charge in [-0.3, -0.25) is 14.7 Å². The summed E-state index contributed by atoms with van der Waals surface area (Å²) in [5.41, 5.74) is 0.115. The molecule has 2 N–H and O–H groups in total. The van der Waals surface area contributed by atoms with Gasteiger partial charge in [0.1, 0.15) is 0 Å². The fraction of sp³-hybridized carbons (Fsp3) is 0.895. The van der Waals surface area contributed by atoms with Crippen LogP contribution in [-0.4, -0.2) is 74.0 Å². The second-order valence-corrected chi connectivity index (χ2v) is 8.59. The third-order valence-electron chi connectivity index (χ3n) is 5.96. The summed E-state index contributed by atoms with van der Waals surface area (Å²) < 4.78 is 0. The first-order valence-electron chi connectivity index (χ1n) is 9.98. The van der Waals surface area contributed by atoms with Crippen LogP contribution >= 0.6 is 24.0 Å². The zero-order chi connectivity index (χ0) is 17.9. The Bertz CT molecular complexity index is 512. The van der Waals surface area contributed by atoms with Crippen LogP contribution < -0.4 is 10.6 Å². The summed E-state index contributed by atoms with van der Waals surface area (Å²) >= 11 is 0. The van der Waals surface area contributed by atoms with Gasteiger partial charge in [0.25, 0.3) is 0 Å². The highest BCUT2D eigenvalue weighted by Crippen LogP contribution is 2.36. The van der Waals surface area contributed by atoms with Gasteiger partial charge in [0.2, 0.25) is 5.91 Å². The number of hydrogen-bond donors (Lipinski definition) is 2. The van der Waals surface area contributed by atoms with E-state index < -0.39 is 0 Å². The van der Waals surface area contributed by atoms with Crippen molar-refractivity contribution in [1.82, 2.24) is 20.4 Å². The van der Waals surface area contributed by atoms with Gasteiger partial charge >= 0.3 is 0 Å². The van der Waals surface area contributed by atoms with Gasteiger partial charge in [0.05, 0.1) is 0 Å². The fourth-order valence-corrected chi connectivity index (χ4v) is 4.81. The highest BCUT2D eigenvalue weighted by molar-refractivity contribution is 14.0. The average Bonchev–Trinajstić information content (AvgIpc) is 3.15. The van der Waals surface area contributed by atoms with Crippen LogP contribution in [0.3, 0.4) is 0 Å². The van der Waals surface area contributed by atoms with Gasteiger partial charge in [-0.2, -0.15) is 0 Å². The van der Waals surface area contributed by atoms with Gasteiger partial charge in [-0.25, -0.2) is 0 Å². The Morgan fingerprint density at radius 3 is 2.85 bits per heavy atom. The number of rotatable bonds is 4. The molecule has 1 unspecified atom stereocenters. The fourth-order valence-electron chi connectivity index (χ4n) is 4.81. The molecule has 0 aromatic carbocycles. The van der Waals surface area contributed by atoms with Crippen LogP contribution in [0.15, 0.2) is 4.99 Å². The Morgan fingerprint density at radius 2 is 2.19 bits per heavy atom. The Morgan fingerprint density at radius 1 is 1.38 bits per heavy atom. The van der Waals surface area contributed by atoms with Gasteiger partial charge in [-0.15, -0.1) is 24.0 Å². The van der Waals surface area contributed by atoms with Gasteiger partial charge in [-0.05, 0) is 38.1 Å². The number of nitrogens with one attached hydrogen (secondary N) is 2. The maximum Gasteiger partial charge on any atom is 0.220 e. The van der Waals surface area contributed by atoms with Crippen LogP contribution in [0, 0.1) is 11.3 Å². The second-order valence-electron chi connectivity index (χ2n) is 8.59. The number of amides is 1. The average molecular weight is 477 g/mol. The van der Waals surface area contributed by atoms with Crippen molar-refractivity contribution in [3.63, 3.8) is 0 Å². The molecule has 0 aromatic heterocycles. The third kappa shape index (κ3) is 5.24. The smallest absolute Gasteiger partial charge is 0.220 e. The molecule has 26 heavy (non-hydrogen) atoms. The van der Waals surface area contributed by atoms with Gasteiger partial charge in [0.15, 0.2) is 5.96 Å². The molecule has 150 valence electrons. The standard InChI is InChI=1S/C19H35N5O.HI/c1-15(2)12-23-8-4-6-16(23)11-21-18(20-3)24-9-5-7-19(14-24)10-17(25)22-13-19;/h15-16H,4-14H2,1-3H3,(H,20,21)(H,22,25);1H/t16-,19?;/m1./s1. The van der Waals surface area contributed by atoms with Crippen molar-refractivity contribution in [2.24, 2.45) is 16.3 Å². The number of halogens is 1. The predicted octanol–water partition coefficient (Wildman–Crippen LogP) is 1.90. The Balaban J connectivity index is 0.00000243. The zero-order valence-electron chi connectivity index (χ0n) is 16.6. The molecule has 3 rings (SSSR count). The largest absolute Gasteiger partial charge is 0.355 e. The summed E-state index contributed by atoms with van der Waals surface area (Å²) in [6, 6.07) is 0.618. The third-order valence-corrected chi connectivity index (χ3v) is 5.96. The highest BCUT2D eigenvalue weighted by atomic mass is 127. The molecular weight excluding hydrogens is 441 g/mol. The molecular formula is C19H36IN5O. The second kappa shape index (κ2) is 9.57. The minimum Gasteiger partial charge on any atom is -0.355 e. The predicted molar refractivity (Wildman–Crippen MR) is 117 cm³/mol. The van der Waals surface area contributed by atoms with Crippen LogP contribution in [0.1, 0.15) is 46.0 Å². The maximum absolute atomic E-state index is 11.7. The number of likely N-dealkylation sites (tertiary alicyclic amines) is 2.